The van der Waals surface area contributed by atoms with Crippen LogP contribution in [-0.4, -0.2) is 106 Å². The van der Waals surface area contributed by atoms with Crippen LogP contribution < -0.4 is 4.74 Å². The minimum atomic E-state index is -2.09. The number of ketones is 1. The van der Waals surface area contributed by atoms with Gasteiger partial charge in [-0.2, -0.15) is 0 Å². The fourth-order valence-electron chi connectivity index (χ4n) is 5.58. The molecule has 5 atom stereocenters. The van der Waals surface area contributed by atoms with Gasteiger partial charge in [0.2, 0.25) is 23.6 Å². The highest BCUT2D eigenvalue weighted by atomic mass is 16.7. The number of rotatable bonds is 4. The molecule has 17 heteroatoms. The Hall–Kier alpha value is -6.43. The number of carbonyl (C=O) groups is 3. The molecular weight excluding hydrogens is 668 g/mol. The van der Waals surface area contributed by atoms with Crippen molar-refractivity contribution in [3.05, 3.63) is 76.9 Å². The summed E-state index contributed by atoms with van der Waals surface area (Å²) >= 11 is 0. The fourth-order valence-corrected chi connectivity index (χ4v) is 5.58. The zero-order valence-electron chi connectivity index (χ0n) is 25.1. The number of hydrogen-bond acceptors (Lipinski definition) is 17. The van der Waals surface area contributed by atoms with Gasteiger partial charge < -0.3 is 70.0 Å². The van der Waals surface area contributed by atoms with Crippen LogP contribution in [0.5, 0.6) is 51.7 Å². The van der Waals surface area contributed by atoms with Gasteiger partial charge in [-0.25, -0.2) is 9.59 Å². The van der Waals surface area contributed by atoms with Crippen LogP contribution in [0.3, 0.4) is 0 Å². The maximum Gasteiger partial charge on any atom is 0.339 e. The van der Waals surface area contributed by atoms with Crippen LogP contribution in [0.25, 0.3) is 11.1 Å². The quantitative estimate of drug-likeness (QED) is 0.0821. The van der Waals surface area contributed by atoms with E-state index in [0.29, 0.717) is 12.1 Å². The van der Waals surface area contributed by atoms with E-state index < -0.39 is 129 Å². The summed E-state index contributed by atoms with van der Waals surface area (Å²) in [7, 11) is 0. The van der Waals surface area contributed by atoms with Crippen molar-refractivity contribution in [2.24, 2.45) is 0 Å². The third-order valence-electron chi connectivity index (χ3n) is 8.05. The van der Waals surface area contributed by atoms with Gasteiger partial charge in [0, 0.05) is 28.8 Å². The number of fused-ring (bicyclic) bond motifs is 4. The molecule has 4 aromatic rings. The Labute approximate surface area is 279 Å². The highest BCUT2D eigenvalue weighted by Gasteiger charge is 2.49. The van der Waals surface area contributed by atoms with Gasteiger partial charge in [0.05, 0.1) is 11.1 Å². The van der Waals surface area contributed by atoms with Crippen molar-refractivity contribution >= 4 is 17.7 Å². The summed E-state index contributed by atoms with van der Waals surface area (Å²) in [5, 5.41) is 105. The number of aliphatic hydroxyl groups is 2. The summed E-state index contributed by atoms with van der Waals surface area (Å²) in [6.07, 6.45) is -9.58. The van der Waals surface area contributed by atoms with Gasteiger partial charge in [0.25, 0.3) is 0 Å². The Morgan fingerprint density at radius 1 is 0.680 bits per heavy atom. The number of benzene rings is 4. The van der Waals surface area contributed by atoms with Crippen LogP contribution in [0.4, 0.5) is 0 Å². The standard InChI is InChI=1S/C33H26O17/c34-15-6-12(7-16(35)22(15)23(38)11-4-2-1-3-5-11)48-33-29(44)28(43)30-19(49-33)10-47-31(45)13-8-17(36)24(39)26(41)20(13)21-14(32(46)50-30)9-18(37)25(40)27(21)42/h1-9,19,28-30,33-37,39-44H,10H2/t19?,28-,29-,30?,33-/m1/s1. The number of esters is 2. The van der Waals surface area contributed by atoms with Crippen LogP contribution in [0.2, 0.25) is 0 Å². The molecule has 2 aliphatic rings. The molecule has 17 nitrogen and oxygen atoms in total. The molecule has 0 aliphatic carbocycles. The number of phenolic OH excluding ortho intramolecular Hbond substituents is 8. The Morgan fingerprint density at radius 2 is 1.22 bits per heavy atom. The van der Waals surface area contributed by atoms with Crippen LogP contribution in [-0.2, 0) is 14.2 Å². The molecule has 50 heavy (non-hydrogen) atoms. The first-order valence-corrected chi connectivity index (χ1v) is 14.5. The maximum absolute atomic E-state index is 13.5. The predicted molar refractivity (Wildman–Crippen MR) is 162 cm³/mol. The lowest BCUT2D eigenvalue weighted by Gasteiger charge is -2.41. The Kier molecular flexibility index (Phi) is 8.40. The highest BCUT2D eigenvalue weighted by Crippen LogP contribution is 2.53. The molecule has 0 saturated carbocycles. The van der Waals surface area contributed by atoms with Gasteiger partial charge in [-0.05, 0) is 12.1 Å². The summed E-state index contributed by atoms with van der Waals surface area (Å²) in [5.74, 6) is -12.5. The molecule has 0 radical (unpaired) electrons. The van der Waals surface area contributed by atoms with Crippen molar-refractivity contribution in [2.75, 3.05) is 6.61 Å². The number of hydrogen-bond donors (Lipinski definition) is 10. The minimum absolute atomic E-state index is 0.151. The van der Waals surface area contributed by atoms with E-state index in [2.05, 4.69) is 0 Å². The van der Waals surface area contributed by atoms with Crippen molar-refractivity contribution in [1.29, 1.82) is 0 Å². The van der Waals surface area contributed by atoms with Crippen molar-refractivity contribution in [1.82, 2.24) is 0 Å². The van der Waals surface area contributed by atoms with Crippen LogP contribution >= 0.6 is 0 Å². The number of aliphatic hydroxyl groups excluding tert-OH is 2. The fraction of sp³-hybridized carbons (Fsp3) is 0.182. The lowest BCUT2D eigenvalue weighted by atomic mass is 9.92. The van der Waals surface area contributed by atoms with E-state index >= 15 is 0 Å². The molecule has 0 amide bonds. The Morgan fingerprint density at radius 3 is 1.78 bits per heavy atom. The van der Waals surface area contributed by atoms with E-state index in [1.54, 1.807) is 18.2 Å². The minimum Gasteiger partial charge on any atom is -0.507 e. The van der Waals surface area contributed by atoms with Gasteiger partial charge in [-0.15, -0.1) is 0 Å². The molecule has 4 aromatic carbocycles. The maximum atomic E-state index is 13.5. The largest absolute Gasteiger partial charge is 0.507 e. The number of cyclic esters (lactones) is 1. The molecule has 260 valence electrons. The van der Waals surface area contributed by atoms with Gasteiger partial charge >= 0.3 is 11.9 Å². The smallest absolute Gasteiger partial charge is 0.339 e. The lowest BCUT2D eigenvalue weighted by molar-refractivity contribution is -0.276. The molecule has 1 saturated heterocycles. The molecule has 2 unspecified atom stereocenters. The molecule has 0 aromatic heterocycles. The predicted octanol–water partition coefficient (Wildman–Crippen LogP) is 1.45. The van der Waals surface area contributed by atoms with E-state index in [1.807, 2.05) is 0 Å². The Bertz CT molecular complexity index is 2020. The molecular formula is C33H26O17. The third kappa shape index (κ3) is 5.60. The summed E-state index contributed by atoms with van der Waals surface area (Å²) in [6.45, 7) is -0.887. The number of carbonyl (C=O) groups excluding carboxylic acids is 3. The molecule has 2 heterocycles. The van der Waals surface area contributed by atoms with Gasteiger partial charge in [0.15, 0.2) is 29.1 Å². The topological polar surface area (TPSA) is 290 Å². The lowest BCUT2D eigenvalue weighted by Crippen LogP contribution is -2.61. The molecule has 0 bridgehead atoms. The highest BCUT2D eigenvalue weighted by molar-refractivity contribution is 6.12. The molecule has 2 aliphatic heterocycles. The third-order valence-corrected chi connectivity index (χ3v) is 8.05. The Balaban J connectivity index is 1.36. The van der Waals surface area contributed by atoms with Gasteiger partial charge in [0.1, 0.15) is 47.7 Å². The monoisotopic (exact) mass is 694 g/mol. The van der Waals surface area contributed by atoms with E-state index in [1.165, 1.54) is 12.1 Å². The zero-order chi connectivity index (χ0) is 36.2. The second kappa shape index (κ2) is 12.5. The molecule has 6 rings (SSSR count). The zero-order valence-corrected chi connectivity index (χ0v) is 25.1. The van der Waals surface area contributed by atoms with E-state index in [4.69, 9.17) is 18.9 Å². The normalized spacial score (nSPS) is 21.8. The van der Waals surface area contributed by atoms with Crippen molar-refractivity contribution in [3.63, 3.8) is 0 Å². The summed E-state index contributed by atoms with van der Waals surface area (Å²) in [5.41, 5.74) is -3.64. The van der Waals surface area contributed by atoms with Crippen molar-refractivity contribution in [2.45, 2.75) is 30.7 Å². The molecule has 1 fully saturated rings. The van der Waals surface area contributed by atoms with Gasteiger partial charge in [-0.1, -0.05) is 30.3 Å². The first-order valence-electron chi connectivity index (χ1n) is 14.5. The first kappa shape index (κ1) is 33.5. The summed E-state index contributed by atoms with van der Waals surface area (Å²) < 4.78 is 21.9. The number of ether oxygens (including phenoxy) is 4. The van der Waals surface area contributed by atoms with Crippen LogP contribution in [0.15, 0.2) is 54.6 Å². The number of phenols is 8. The van der Waals surface area contributed by atoms with E-state index in [0.717, 1.165) is 12.1 Å². The van der Waals surface area contributed by atoms with Crippen molar-refractivity contribution in [3.8, 4) is 62.9 Å². The summed E-state index contributed by atoms with van der Waals surface area (Å²) in [6, 6.07) is 10.7. The molecule has 0 spiro atoms. The van der Waals surface area contributed by atoms with Crippen LogP contribution in [0.1, 0.15) is 36.6 Å². The van der Waals surface area contributed by atoms with Crippen LogP contribution in [0, 0.1) is 0 Å². The first-order chi connectivity index (χ1) is 23.7. The van der Waals surface area contributed by atoms with E-state index in [9.17, 15) is 65.4 Å². The summed E-state index contributed by atoms with van der Waals surface area (Å²) in [4.78, 5) is 39.8. The molecule has 10 N–H and O–H groups in total. The second-order valence-corrected chi connectivity index (χ2v) is 11.2. The average molecular weight is 695 g/mol. The van der Waals surface area contributed by atoms with E-state index in [-0.39, 0.29) is 11.3 Å². The van der Waals surface area contributed by atoms with Crippen molar-refractivity contribution < 1.29 is 84.4 Å². The number of aromatic hydroxyl groups is 8. The second-order valence-electron chi connectivity index (χ2n) is 11.2. The van der Waals surface area contributed by atoms with Gasteiger partial charge in [-0.3, -0.25) is 4.79 Å². The average Bonchev–Trinajstić information content (AvgIpc) is 3.09. The SMILES string of the molecule is O=C1OCC2O[C@@H](Oc3cc(O)c(C(=O)c4ccccc4)c(O)c3)[C@H](O)[C@@H](O)C2OC(=O)c2cc(O)c(O)c(O)c2-c2c1cc(O)c(O)c2O.